The van der Waals surface area contributed by atoms with Crippen LogP contribution in [0.5, 0.6) is 0 Å². The summed E-state index contributed by atoms with van der Waals surface area (Å²) in [6.45, 7) is 4.10. The van der Waals surface area contributed by atoms with Gasteiger partial charge in [-0.05, 0) is 12.0 Å². The van der Waals surface area contributed by atoms with E-state index in [1.165, 1.54) is 12.1 Å². The Kier molecular flexibility index (Phi) is 3.12. The van der Waals surface area contributed by atoms with Gasteiger partial charge in [0.05, 0.1) is 18.3 Å². The zero-order chi connectivity index (χ0) is 12.6. The minimum absolute atomic E-state index is 0.298. The van der Waals surface area contributed by atoms with Crippen LogP contribution in [0.4, 0.5) is 4.79 Å². The van der Waals surface area contributed by atoms with E-state index in [-0.39, 0.29) is 0 Å². The number of ether oxygens (including phenoxy) is 1. The van der Waals surface area contributed by atoms with Gasteiger partial charge >= 0.3 is 6.09 Å². The standard InChI is InChI=1S/C10H14N4O2S/c1-6(2)7-4-9(17)14-8(11-7)5-13(12-14)10(15)16-3/h4-6,12,17H,1-3H3. The number of aliphatic imine (C=N–C) groups is 1. The van der Waals surface area contributed by atoms with E-state index in [4.69, 9.17) is 0 Å². The molecule has 0 bridgehead atoms. The largest absolute Gasteiger partial charge is 0.452 e. The Morgan fingerprint density at radius 1 is 1.59 bits per heavy atom. The number of amides is 1. The van der Waals surface area contributed by atoms with Gasteiger partial charge in [0.15, 0.2) is 5.82 Å². The lowest BCUT2D eigenvalue weighted by Gasteiger charge is -2.25. The number of hydrogen-bond donors (Lipinski definition) is 2. The topological polar surface area (TPSA) is 57.2 Å². The van der Waals surface area contributed by atoms with Crippen molar-refractivity contribution >= 4 is 24.4 Å². The van der Waals surface area contributed by atoms with Gasteiger partial charge < -0.3 is 4.74 Å². The number of methoxy groups -OCH3 is 1. The molecule has 0 saturated heterocycles. The van der Waals surface area contributed by atoms with Gasteiger partial charge in [-0.1, -0.05) is 13.8 Å². The number of hydrogen-bond acceptors (Lipinski definition) is 6. The van der Waals surface area contributed by atoms with Crippen molar-refractivity contribution in [1.29, 1.82) is 0 Å². The van der Waals surface area contributed by atoms with Crippen LogP contribution in [0, 0.1) is 5.92 Å². The Hall–Kier alpha value is -1.47. The fourth-order valence-electron chi connectivity index (χ4n) is 1.46. The summed E-state index contributed by atoms with van der Waals surface area (Å²) >= 11 is 4.35. The van der Waals surface area contributed by atoms with E-state index in [0.717, 1.165) is 5.71 Å². The molecule has 7 heteroatoms. The molecular weight excluding hydrogens is 240 g/mol. The van der Waals surface area contributed by atoms with Gasteiger partial charge in [0.1, 0.15) is 0 Å². The van der Waals surface area contributed by atoms with Gasteiger partial charge in [0.2, 0.25) is 0 Å². The molecule has 0 spiro atoms. The van der Waals surface area contributed by atoms with Crippen molar-refractivity contribution < 1.29 is 9.53 Å². The van der Waals surface area contributed by atoms with Crippen LogP contribution in [0.2, 0.25) is 0 Å². The molecule has 2 heterocycles. The lowest BCUT2D eigenvalue weighted by molar-refractivity contribution is 0.102. The lowest BCUT2D eigenvalue weighted by atomic mass is 10.1. The van der Waals surface area contributed by atoms with Crippen LogP contribution in [-0.2, 0) is 4.74 Å². The predicted molar refractivity (Wildman–Crippen MR) is 66.6 cm³/mol. The number of hydrazine groups is 2. The fraction of sp³-hybridized carbons (Fsp3) is 0.400. The van der Waals surface area contributed by atoms with E-state index in [2.05, 4.69) is 27.9 Å². The van der Waals surface area contributed by atoms with Crippen LogP contribution < -0.4 is 5.53 Å². The average Bonchev–Trinajstić information content (AvgIpc) is 2.72. The summed E-state index contributed by atoms with van der Waals surface area (Å²) in [4.78, 5) is 15.8. The van der Waals surface area contributed by atoms with E-state index in [0.29, 0.717) is 16.8 Å². The number of carbonyl (C=O) groups excluding carboxylic acids is 1. The molecule has 1 N–H and O–H groups in total. The molecule has 0 unspecified atom stereocenters. The molecule has 0 aromatic carbocycles. The number of fused-ring (bicyclic) bond motifs is 1. The second-order valence-corrected chi connectivity index (χ2v) is 4.41. The molecule has 6 nitrogen and oxygen atoms in total. The van der Waals surface area contributed by atoms with Crippen LogP contribution in [0.25, 0.3) is 0 Å². The molecule has 2 aliphatic rings. The first kappa shape index (κ1) is 12.0. The molecule has 17 heavy (non-hydrogen) atoms. The maximum absolute atomic E-state index is 11.4. The highest BCUT2D eigenvalue weighted by Gasteiger charge is 2.29. The molecular formula is C10H14N4O2S. The number of carbonyl (C=O) groups is 1. The van der Waals surface area contributed by atoms with Crippen molar-refractivity contribution in [2.45, 2.75) is 13.8 Å². The first-order valence-electron chi connectivity index (χ1n) is 5.17. The van der Waals surface area contributed by atoms with Gasteiger partial charge in [-0.25, -0.2) is 14.8 Å². The molecule has 0 aromatic heterocycles. The molecule has 0 radical (unpaired) electrons. The van der Waals surface area contributed by atoms with Gasteiger partial charge in [-0.15, -0.1) is 18.2 Å². The summed E-state index contributed by atoms with van der Waals surface area (Å²) in [5.41, 5.74) is 3.72. The zero-order valence-electron chi connectivity index (χ0n) is 9.84. The molecule has 92 valence electrons. The summed E-state index contributed by atoms with van der Waals surface area (Å²) in [5, 5.41) is 3.50. The normalized spacial score (nSPS) is 18.8. The molecule has 0 atom stereocenters. The second-order valence-electron chi connectivity index (χ2n) is 3.96. The fourth-order valence-corrected chi connectivity index (χ4v) is 1.74. The third-order valence-corrected chi connectivity index (χ3v) is 2.72. The predicted octanol–water partition coefficient (Wildman–Crippen LogP) is 1.47. The molecule has 2 rings (SSSR count). The summed E-state index contributed by atoms with van der Waals surface area (Å²) in [6, 6.07) is 0. The van der Waals surface area contributed by atoms with Crippen LogP contribution in [0.1, 0.15) is 13.8 Å². The van der Waals surface area contributed by atoms with Crippen molar-refractivity contribution in [3.8, 4) is 0 Å². The van der Waals surface area contributed by atoms with Crippen molar-refractivity contribution in [2.24, 2.45) is 10.9 Å². The zero-order valence-corrected chi connectivity index (χ0v) is 10.7. The minimum atomic E-state index is -0.505. The Morgan fingerprint density at radius 2 is 2.29 bits per heavy atom. The van der Waals surface area contributed by atoms with Crippen LogP contribution in [-0.4, -0.2) is 28.9 Å². The monoisotopic (exact) mass is 254 g/mol. The van der Waals surface area contributed by atoms with Crippen LogP contribution >= 0.6 is 12.6 Å². The highest BCUT2D eigenvalue weighted by Crippen LogP contribution is 2.26. The Morgan fingerprint density at radius 3 is 2.88 bits per heavy atom. The first-order chi connectivity index (χ1) is 8.02. The number of allylic oxidation sites excluding steroid dienone is 1. The van der Waals surface area contributed by atoms with Crippen molar-refractivity contribution in [1.82, 2.24) is 15.6 Å². The third kappa shape index (κ3) is 2.16. The van der Waals surface area contributed by atoms with E-state index < -0.39 is 6.09 Å². The Balaban J connectivity index is 2.28. The van der Waals surface area contributed by atoms with Crippen LogP contribution in [0.3, 0.4) is 0 Å². The van der Waals surface area contributed by atoms with E-state index in [1.54, 1.807) is 11.2 Å². The van der Waals surface area contributed by atoms with Crippen molar-refractivity contribution in [2.75, 3.05) is 7.11 Å². The quantitative estimate of drug-likeness (QED) is 0.696. The van der Waals surface area contributed by atoms with E-state index in [9.17, 15) is 4.79 Å². The van der Waals surface area contributed by atoms with Crippen molar-refractivity contribution in [3.63, 3.8) is 0 Å². The average molecular weight is 254 g/mol. The first-order valence-corrected chi connectivity index (χ1v) is 5.62. The van der Waals surface area contributed by atoms with Gasteiger partial charge in [-0.2, -0.15) is 5.01 Å². The molecule has 0 fully saturated rings. The molecule has 1 amide bonds. The second kappa shape index (κ2) is 4.42. The molecule has 0 saturated carbocycles. The summed E-state index contributed by atoms with van der Waals surface area (Å²) < 4.78 is 4.61. The molecule has 0 aliphatic carbocycles. The van der Waals surface area contributed by atoms with E-state index in [1.807, 2.05) is 19.9 Å². The summed E-state index contributed by atoms with van der Waals surface area (Å²) in [5.74, 6) is 0.916. The van der Waals surface area contributed by atoms with Crippen LogP contribution in [0.15, 0.2) is 28.1 Å². The third-order valence-electron chi connectivity index (χ3n) is 2.39. The summed E-state index contributed by atoms with van der Waals surface area (Å²) in [6.07, 6.45) is 2.92. The smallest absolute Gasteiger partial charge is 0.429 e. The number of thiol groups is 1. The highest BCUT2D eigenvalue weighted by molar-refractivity contribution is 7.84. The Labute approximate surface area is 105 Å². The van der Waals surface area contributed by atoms with Gasteiger partial charge in [-0.3, -0.25) is 0 Å². The maximum atomic E-state index is 11.4. The summed E-state index contributed by atoms with van der Waals surface area (Å²) in [7, 11) is 1.32. The molecule has 0 aromatic rings. The highest BCUT2D eigenvalue weighted by atomic mass is 32.1. The number of rotatable bonds is 1. The number of nitrogens with one attached hydrogen (secondary N) is 1. The Bertz CT molecular complexity index is 442. The van der Waals surface area contributed by atoms with E-state index >= 15 is 0 Å². The molecule has 2 aliphatic heterocycles. The van der Waals surface area contributed by atoms with Gasteiger partial charge in [0, 0.05) is 5.71 Å². The van der Waals surface area contributed by atoms with Gasteiger partial charge in [0.25, 0.3) is 0 Å². The minimum Gasteiger partial charge on any atom is -0.452 e. The number of nitrogens with zero attached hydrogens (tertiary/aromatic N) is 3. The maximum Gasteiger partial charge on any atom is 0.429 e. The lowest BCUT2D eigenvalue weighted by Crippen LogP contribution is -2.43. The SMILES string of the molecule is COC(=O)N1C=C2N=C(C(C)C)C=C(S)N2N1. The van der Waals surface area contributed by atoms with Crippen molar-refractivity contribution in [3.05, 3.63) is 23.1 Å².